The molecule has 0 saturated heterocycles. The van der Waals surface area contributed by atoms with Gasteiger partial charge in [0.2, 0.25) is 0 Å². The molecule has 6 nitrogen and oxygen atoms in total. The van der Waals surface area contributed by atoms with Gasteiger partial charge in [-0.2, -0.15) is 0 Å². The van der Waals surface area contributed by atoms with Crippen LogP contribution in [0.4, 0.5) is 17.1 Å². The number of nitrogens with zero attached hydrogens (tertiary/aromatic N) is 2. The summed E-state index contributed by atoms with van der Waals surface area (Å²) in [5.41, 5.74) is 10.0. The molecule has 0 bridgehead atoms. The third kappa shape index (κ3) is 2.78. The molecular weight excluding hydrogens is 316 g/mol. The number of hydrogen-bond donors (Lipinski definition) is 2. The number of nitro benzene ring substituents is 1. The Labute approximate surface area is 144 Å². The zero-order valence-electron chi connectivity index (χ0n) is 13.4. The SMILES string of the molecule is NC(=Nc1ccc2c3c(cccc13)CC2)Nc1cccc([N+](=O)[O-])c1. The molecule has 3 aromatic rings. The number of anilines is 1. The van der Waals surface area contributed by atoms with Gasteiger partial charge < -0.3 is 11.1 Å². The minimum absolute atomic E-state index is 0.00290. The lowest BCUT2D eigenvalue weighted by Crippen LogP contribution is -2.21. The Morgan fingerprint density at radius 2 is 1.84 bits per heavy atom. The van der Waals surface area contributed by atoms with E-state index in [0.29, 0.717) is 5.69 Å². The normalized spacial score (nSPS) is 13.2. The molecule has 3 aromatic carbocycles. The highest BCUT2D eigenvalue weighted by Gasteiger charge is 2.15. The van der Waals surface area contributed by atoms with E-state index in [1.165, 1.54) is 28.6 Å². The van der Waals surface area contributed by atoms with Crippen LogP contribution in [0, 0.1) is 10.1 Å². The van der Waals surface area contributed by atoms with Crippen molar-refractivity contribution in [2.75, 3.05) is 5.32 Å². The first-order valence-electron chi connectivity index (χ1n) is 8.01. The molecule has 0 radical (unpaired) electrons. The molecular formula is C19H16N4O2. The lowest BCUT2D eigenvalue weighted by molar-refractivity contribution is -0.384. The number of nitrogens with two attached hydrogens (primary N) is 1. The van der Waals surface area contributed by atoms with E-state index in [1.54, 1.807) is 12.1 Å². The van der Waals surface area contributed by atoms with Crippen LogP contribution in [0.3, 0.4) is 0 Å². The van der Waals surface area contributed by atoms with Gasteiger partial charge in [-0.25, -0.2) is 4.99 Å². The van der Waals surface area contributed by atoms with Crippen LogP contribution < -0.4 is 11.1 Å². The number of nitrogens with one attached hydrogen (secondary N) is 1. The van der Waals surface area contributed by atoms with Crippen LogP contribution in [-0.2, 0) is 12.8 Å². The number of guanidine groups is 1. The molecule has 0 amide bonds. The van der Waals surface area contributed by atoms with Gasteiger partial charge in [0.25, 0.3) is 5.69 Å². The molecule has 6 heteroatoms. The summed E-state index contributed by atoms with van der Waals surface area (Å²) in [5.74, 6) is 0.194. The lowest BCUT2D eigenvalue weighted by atomic mass is 10.0. The Bertz CT molecular complexity index is 1020. The number of non-ortho nitro benzene ring substituents is 1. The Kier molecular flexibility index (Phi) is 3.57. The van der Waals surface area contributed by atoms with Crippen molar-refractivity contribution in [3.63, 3.8) is 0 Å². The minimum atomic E-state index is -0.443. The van der Waals surface area contributed by atoms with Gasteiger partial charge in [0, 0.05) is 23.2 Å². The Hall–Kier alpha value is -3.41. The van der Waals surface area contributed by atoms with Crippen LogP contribution in [0.2, 0.25) is 0 Å². The van der Waals surface area contributed by atoms with Gasteiger partial charge in [0.1, 0.15) is 0 Å². The van der Waals surface area contributed by atoms with Gasteiger partial charge in [0.15, 0.2) is 5.96 Å². The van der Waals surface area contributed by atoms with E-state index in [0.717, 1.165) is 23.9 Å². The van der Waals surface area contributed by atoms with E-state index in [4.69, 9.17) is 5.73 Å². The molecule has 4 rings (SSSR count). The van der Waals surface area contributed by atoms with Crippen LogP contribution >= 0.6 is 0 Å². The molecule has 3 N–H and O–H groups in total. The second kappa shape index (κ2) is 5.90. The fraction of sp³-hybridized carbons (Fsp3) is 0.105. The predicted molar refractivity (Wildman–Crippen MR) is 99.4 cm³/mol. The van der Waals surface area contributed by atoms with Gasteiger partial charge in [-0.1, -0.05) is 30.3 Å². The standard InChI is InChI=1S/C19H16N4O2/c20-19(21-14-4-2-5-15(11-14)23(24)25)22-17-10-9-13-8-7-12-3-1-6-16(17)18(12)13/h1-6,9-11H,7-8H2,(H3,20,21,22). The Balaban J connectivity index is 1.68. The molecule has 0 saturated carbocycles. The largest absolute Gasteiger partial charge is 0.369 e. The van der Waals surface area contributed by atoms with Crippen LogP contribution in [0.15, 0.2) is 59.6 Å². The third-order valence-corrected chi connectivity index (χ3v) is 4.42. The maximum atomic E-state index is 10.9. The first kappa shape index (κ1) is 15.1. The first-order valence-corrected chi connectivity index (χ1v) is 8.01. The van der Waals surface area contributed by atoms with Crippen molar-refractivity contribution >= 4 is 33.8 Å². The van der Waals surface area contributed by atoms with Crippen LogP contribution in [0.5, 0.6) is 0 Å². The summed E-state index contributed by atoms with van der Waals surface area (Å²) >= 11 is 0. The molecule has 1 aliphatic carbocycles. The molecule has 0 fully saturated rings. The Morgan fingerprint density at radius 3 is 2.64 bits per heavy atom. The molecule has 0 atom stereocenters. The average Bonchev–Trinajstić information content (AvgIpc) is 3.02. The zero-order chi connectivity index (χ0) is 17.4. The molecule has 0 aliphatic heterocycles. The van der Waals surface area contributed by atoms with Crippen molar-refractivity contribution in [2.45, 2.75) is 12.8 Å². The van der Waals surface area contributed by atoms with Gasteiger partial charge in [-0.3, -0.25) is 10.1 Å². The summed E-state index contributed by atoms with van der Waals surface area (Å²) in [6.07, 6.45) is 2.11. The van der Waals surface area contributed by atoms with Crippen molar-refractivity contribution in [1.29, 1.82) is 0 Å². The topological polar surface area (TPSA) is 93.5 Å². The maximum Gasteiger partial charge on any atom is 0.271 e. The summed E-state index contributed by atoms with van der Waals surface area (Å²) in [6.45, 7) is 0. The summed E-state index contributed by atoms with van der Waals surface area (Å²) in [5, 5.41) is 16.1. The van der Waals surface area contributed by atoms with E-state index >= 15 is 0 Å². The molecule has 124 valence electrons. The van der Waals surface area contributed by atoms with Crippen molar-refractivity contribution in [3.8, 4) is 0 Å². The smallest absolute Gasteiger partial charge is 0.271 e. The van der Waals surface area contributed by atoms with E-state index < -0.39 is 4.92 Å². The number of rotatable bonds is 3. The second-order valence-electron chi connectivity index (χ2n) is 6.01. The molecule has 0 aromatic heterocycles. The summed E-state index contributed by atoms with van der Waals surface area (Å²) < 4.78 is 0. The van der Waals surface area contributed by atoms with E-state index in [9.17, 15) is 10.1 Å². The second-order valence-corrected chi connectivity index (χ2v) is 6.01. The monoisotopic (exact) mass is 332 g/mol. The quantitative estimate of drug-likeness (QED) is 0.329. The molecule has 1 aliphatic rings. The van der Waals surface area contributed by atoms with Crippen molar-refractivity contribution in [3.05, 3.63) is 75.8 Å². The van der Waals surface area contributed by atoms with E-state index in [-0.39, 0.29) is 11.6 Å². The maximum absolute atomic E-state index is 10.9. The zero-order valence-corrected chi connectivity index (χ0v) is 13.4. The minimum Gasteiger partial charge on any atom is -0.369 e. The van der Waals surface area contributed by atoms with Gasteiger partial charge in [0.05, 0.1) is 10.6 Å². The highest BCUT2D eigenvalue weighted by molar-refractivity contribution is 6.02. The highest BCUT2D eigenvalue weighted by atomic mass is 16.6. The van der Waals surface area contributed by atoms with Gasteiger partial charge >= 0.3 is 0 Å². The molecule has 25 heavy (non-hydrogen) atoms. The summed E-state index contributed by atoms with van der Waals surface area (Å²) in [4.78, 5) is 14.9. The number of nitro groups is 1. The van der Waals surface area contributed by atoms with Crippen molar-refractivity contribution in [2.24, 2.45) is 10.7 Å². The first-order chi connectivity index (χ1) is 12.1. The number of aliphatic imine (C=N–C) groups is 1. The number of aryl methyl sites for hydroxylation is 2. The van der Waals surface area contributed by atoms with E-state index in [2.05, 4.69) is 22.4 Å². The van der Waals surface area contributed by atoms with Crippen molar-refractivity contribution in [1.82, 2.24) is 0 Å². The molecule has 0 heterocycles. The predicted octanol–water partition coefficient (Wildman–Crippen LogP) is 3.90. The van der Waals surface area contributed by atoms with Crippen LogP contribution in [0.1, 0.15) is 11.1 Å². The number of benzene rings is 3. The van der Waals surface area contributed by atoms with Gasteiger partial charge in [-0.15, -0.1) is 0 Å². The fourth-order valence-electron chi connectivity index (χ4n) is 3.33. The summed E-state index contributed by atoms with van der Waals surface area (Å²) in [6, 6.07) is 16.5. The lowest BCUT2D eigenvalue weighted by Gasteiger charge is -2.08. The molecule has 0 unspecified atom stereocenters. The summed E-state index contributed by atoms with van der Waals surface area (Å²) in [7, 11) is 0. The van der Waals surface area contributed by atoms with Gasteiger partial charge in [-0.05, 0) is 41.5 Å². The van der Waals surface area contributed by atoms with E-state index in [1.807, 2.05) is 18.2 Å². The third-order valence-electron chi connectivity index (χ3n) is 4.42. The number of hydrogen-bond acceptors (Lipinski definition) is 3. The fourth-order valence-corrected chi connectivity index (χ4v) is 3.33. The van der Waals surface area contributed by atoms with Crippen molar-refractivity contribution < 1.29 is 4.92 Å². The highest BCUT2D eigenvalue weighted by Crippen LogP contribution is 2.36. The van der Waals surface area contributed by atoms with Crippen LogP contribution in [-0.4, -0.2) is 10.9 Å². The average molecular weight is 332 g/mol. The Morgan fingerprint density at radius 1 is 1.08 bits per heavy atom. The molecule has 0 spiro atoms. The van der Waals surface area contributed by atoms with Crippen LogP contribution in [0.25, 0.3) is 10.8 Å².